The van der Waals surface area contributed by atoms with Crippen molar-refractivity contribution in [3.05, 3.63) is 24.5 Å². The second-order valence-electron chi connectivity index (χ2n) is 4.76. The molecule has 0 atom stereocenters. The third-order valence-corrected chi connectivity index (χ3v) is 3.47. The fourth-order valence-corrected chi connectivity index (χ4v) is 2.36. The maximum Gasteiger partial charge on any atom is 0.226 e. The molecule has 0 saturated carbocycles. The number of furan rings is 1. The molecule has 0 bridgehead atoms. The maximum absolute atomic E-state index is 5.26. The molecule has 0 radical (unpaired) electrons. The summed E-state index contributed by atoms with van der Waals surface area (Å²) in [5.41, 5.74) is 0.867. The number of aryl methyl sites for hydroxylation is 1. The number of rotatable bonds is 4. The number of hydrogen-bond acceptors (Lipinski definition) is 5. The van der Waals surface area contributed by atoms with Crippen molar-refractivity contribution in [1.82, 2.24) is 15.5 Å². The minimum Gasteiger partial charge on any atom is -0.472 e. The summed E-state index contributed by atoms with van der Waals surface area (Å²) in [5, 5.41) is 7.34. The summed E-state index contributed by atoms with van der Waals surface area (Å²) in [7, 11) is 0. The van der Waals surface area contributed by atoms with E-state index >= 15 is 0 Å². The lowest BCUT2D eigenvalue weighted by Gasteiger charge is -2.21. The number of nitrogens with zero attached hydrogens (tertiary/aromatic N) is 2. The molecule has 2 aromatic heterocycles. The highest BCUT2D eigenvalue weighted by atomic mass is 16.5. The first kappa shape index (κ1) is 11.5. The zero-order chi connectivity index (χ0) is 12.2. The smallest absolute Gasteiger partial charge is 0.226 e. The van der Waals surface area contributed by atoms with Crippen LogP contribution in [-0.4, -0.2) is 23.2 Å². The predicted molar refractivity (Wildman–Crippen MR) is 65.9 cm³/mol. The Kier molecular flexibility index (Phi) is 3.41. The average molecular weight is 247 g/mol. The van der Waals surface area contributed by atoms with Crippen molar-refractivity contribution in [3.63, 3.8) is 0 Å². The van der Waals surface area contributed by atoms with Crippen LogP contribution >= 0.6 is 0 Å². The van der Waals surface area contributed by atoms with Crippen LogP contribution in [0.25, 0.3) is 11.4 Å². The van der Waals surface area contributed by atoms with Crippen LogP contribution in [0.15, 0.2) is 27.5 Å². The van der Waals surface area contributed by atoms with Crippen molar-refractivity contribution in [2.45, 2.75) is 25.7 Å². The molecule has 0 unspecified atom stereocenters. The van der Waals surface area contributed by atoms with Gasteiger partial charge in [0.15, 0.2) is 0 Å². The van der Waals surface area contributed by atoms with Gasteiger partial charge in [0, 0.05) is 6.42 Å². The lowest BCUT2D eigenvalue weighted by Crippen LogP contribution is -2.27. The SMILES string of the molecule is c1cc(-c2noc(CCC3CCNCC3)n2)co1. The van der Waals surface area contributed by atoms with Gasteiger partial charge >= 0.3 is 0 Å². The molecule has 2 aromatic rings. The van der Waals surface area contributed by atoms with Gasteiger partial charge in [-0.05, 0) is 44.3 Å². The molecule has 18 heavy (non-hydrogen) atoms. The molecule has 1 N–H and O–H groups in total. The number of piperidine rings is 1. The quantitative estimate of drug-likeness (QED) is 0.897. The first-order valence-electron chi connectivity index (χ1n) is 6.48. The van der Waals surface area contributed by atoms with Gasteiger partial charge in [-0.15, -0.1) is 0 Å². The Labute approximate surface area is 106 Å². The third-order valence-electron chi connectivity index (χ3n) is 3.47. The van der Waals surface area contributed by atoms with Crippen molar-refractivity contribution in [2.24, 2.45) is 5.92 Å². The Morgan fingerprint density at radius 2 is 2.22 bits per heavy atom. The summed E-state index contributed by atoms with van der Waals surface area (Å²) in [5.74, 6) is 2.13. The van der Waals surface area contributed by atoms with Gasteiger partial charge in [0.1, 0.15) is 6.26 Å². The van der Waals surface area contributed by atoms with Gasteiger partial charge < -0.3 is 14.3 Å². The Morgan fingerprint density at radius 3 is 3.00 bits per heavy atom. The summed E-state index contributed by atoms with van der Waals surface area (Å²) in [6.07, 6.45) is 7.75. The van der Waals surface area contributed by atoms with Gasteiger partial charge in [-0.2, -0.15) is 4.98 Å². The zero-order valence-corrected chi connectivity index (χ0v) is 10.3. The van der Waals surface area contributed by atoms with E-state index in [1.165, 1.54) is 12.8 Å². The van der Waals surface area contributed by atoms with Gasteiger partial charge in [0.25, 0.3) is 0 Å². The largest absolute Gasteiger partial charge is 0.472 e. The fourth-order valence-electron chi connectivity index (χ4n) is 2.36. The monoisotopic (exact) mass is 247 g/mol. The Bertz CT molecular complexity index is 472. The van der Waals surface area contributed by atoms with Crippen LogP contribution in [-0.2, 0) is 6.42 Å². The summed E-state index contributed by atoms with van der Waals surface area (Å²) in [6, 6.07) is 1.83. The lowest BCUT2D eigenvalue weighted by atomic mass is 9.93. The molecule has 5 heteroatoms. The van der Waals surface area contributed by atoms with Crippen LogP contribution in [0.1, 0.15) is 25.2 Å². The maximum atomic E-state index is 5.26. The number of nitrogens with one attached hydrogen (secondary N) is 1. The van der Waals surface area contributed by atoms with E-state index in [4.69, 9.17) is 8.94 Å². The number of aromatic nitrogens is 2. The number of hydrogen-bond donors (Lipinski definition) is 1. The van der Waals surface area contributed by atoms with E-state index in [1.807, 2.05) is 6.07 Å². The van der Waals surface area contributed by atoms with E-state index in [2.05, 4.69) is 15.5 Å². The molecular weight excluding hydrogens is 230 g/mol. The predicted octanol–water partition coefficient (Wildman–Crippen LogP) is 2.26. The molecule has 0 spiro atoms. The summed E-state index contributed by atoms with van der Waals surface area (Å²) < 4.78 is 10.3. The molecule has 1 fully saturated rings. The van der Waals surface area contributed by atoms with E-state index in [9.17, 15) is 0 Å². The Morgan fingerprint density at radius 1 is 1.33 bits per heavy atom. The zero-order valence-electron chi connectivity index (χ0n) is 10.3. The first-order chi connectivity index (χ1) is 8.92. The Hall–Kier alpha value is -1.62. The van der Waals surface area contributed by atoms with Gasteiger partial charge in [-0.3, -0.25) is 0 Å². The van der Waals surface area contributed by atoms with Crippen LogP contribution < -0.4 is 5.32 Å². The molecular formula is C13H17N3O2. The molecule has 0 aromatic carbocycles. The summed E-state index contributed by atoms with van der Waals surface area (Å²) in [4.78, 5) is 4.38. The highest BCUT2D eigenvalue weighted by Gasteiger charge is 2.15. The topological polar surface area (TPSA) is 64.1 Å². The second-order valence-corrected chi connectivity index (χ2v) is 4.76. The van der Waals surface area contributed by atoms with Crippen molar-refractivity contribution in [1.29, 1.82) is 0 Å². The van der Waals surface area contributed by atoms with Crippen LogP contribution in [0.3, 0.4) is 0 Å². The van der Waals surface area contributed by atoms with Crippen molar-refractivity contribution < 1.29 is 8.94 Å². The van der Waals surface area contributed by atoms with Crippen molar-refractivity contribution >= 4 is 0 Å². The Balaban J connectivity index is 1.57. The average Bonchev–Trinajstić information content (AvgIpc) is 3.08. The molecule has 5 nitrogen and oxygen atoms in total. The second kappa shape index (κ2) is 5.35. The molecule has 3 rings (SSSR count). The van der Waals surface area contributed by atoms with E-state index in [-0.39, 0.29) is 0 Å². The van der Waals surface area contributed by atoms with Crippen molar-refractivity contribution in [2.75, 3.05) is 13.1 Å². The highest BCUT2D eigenvalue weighted by Crippen LogP contribution is 2.20. The van der Waals surface area contributed by atoms with E-state index in [0.29, 0.717) is 5.82 Å². The minimum absolute atomic E-state index is 0.615. The third kappa shape index (κ3) is 2.61. The molecule has 3 heterocycles. The fraction of sp³-hybridized carbons (Fsp3) is 0.538. The molecule has 1 saturated heterocycles. The van der Waals surface area contributed by atoms with Gasteiger partial charge in [-0.25, -0.2) is 0 Å². The standard InChI is InChI=1S/C13H17N3O2/c1(10-3-6-14-7-4-10)2-12-15-13(16-18-12)11-5-8-17-9-11/h5,8-10,14H,1-4,6-7H2. The first-order valence-corrected chi connectivity index (χ1v) is 6.48. The highest BCUT2D eigenvalue weighted by molar-refractivity contribution is 5.51. The molecule has 0 aliphatic carbocycles. The van der Waals surface area contributed by atoms with Crippen molar-refractivity contribution in [3.8, 4) is 11.4 Å². The van der Waals surface area contributed by atoms with E-state index in [0.717, 1.165) is 43.3 Å². The van der Waals surface area contributed by atoms with E-state index < -0.39 is 0 Å². The van der Waals surface area contributed by atoms with Crippen LogP contribution in [0.2, 0.25) is 0 Å². The molecule has 1 aliphatic rings. The normalized spacial score (nSPS) is 17.1. The van der Waals surface area contributed by atoms with E-state index in [1.54, 1.807) is 12.5 Å². The molecule has 96 valence electrons. The lowest BCUT2D eigenvalue weighted by molar-refractivity contribution is 0.324. The van der Waals surface area contributed by atoms with Crippen LogP contribution in [0.4, 0.5) is 0 Å². The van der Waals surface area contributed by atoms with Crippen LogP contribution in [0.5, 0.6) is 0 Å². The molecule has 1 aliphatic heterocycles. The molecule has 0 amide bonds. The minimum atomic E-state index is 0.615. The van der Waals surface area contributed by atoms with Crippen LogP contribution in [0, 0.1) is 5.92 Å². The van der Waals surface area contributed by atoms with Gasteiger partial charge in [-0.1, -0.05) is 5.16 Å². The van der Waals surface area contributed by atoms with Gasteiger partial charge in [0.2, 0.25) is 11.7 Å². The van der Waals surface area contributed by atoms with Gasteiger partial charge in [0.05, 0.1) is 11.8 Å². The summed E-state index contributed by atoms with van der Waals surface area (Å²) in [6.45, 7) is 2.27. The summed E-state index contributed by atoms with van der Waals surface area (Å²) >= 11 is 0.